The maximum absolute atomic E-state index is 13.4. The van der Waals surface area contributed by atoms with Crippen molar-refractivity contribution >= 4 is 88.1 Å². The zero-order chi connectivity index (χ0) is 27.6. The van der Waals surface area contributed by atoms with Crippen molar-refractivity contribution in [2.45, 2.75) is 33.3 Å². The summed E-state index contributed by atoms with van der Waals surface area (Å²) >= 11 is 22.9. The van der Waals surface area contributed by atoms with Gasteiger partial charge in [-0.2, -0.15) is 9.78 Å². The van der Waals surface area contributed by atoms with Gasteiger partial charge in [-0.1, -0.05) is 59.0 Å². The highest BCUT2D eigenvalue weighted by Crippen LogP contribution is 2.43. The summed E-state index contributed by atoms with van der Waals surface area (Å²) in [5.41, 5.74) is 1.90. The van der Waals surface area contributed by atoms with E-state index >= 15 is 0 Å². The molecule has 1 heterocycles. The van der Waals surface area contributed by atoms with E-state index in [4.69, 9.17) is 37.7 Å². The summed E-state index contributed by atoms with van der Waals surface area (Å²) in [6, 6.07) is 12.6. The zero-order valence-corrected chi connectivity index (χ0v) is 26.8. The lowest BCUT2D eigenvalue weighted by Gasteiger charge is -2.17. The zero-order valence-electron chi connectivity index (χ0n) is 20.6. The molecule has 0 saturated heterocycles. The predicted octanol–water partition coefficient (Wildman–Crippen LogP) is 8.97. The van der Waals surface area contributed by atoms with Gasteiger partial charge in [-0.15, -0.1) is 0 Å². The summed E-state index contributed by atoms with van der Waals surface area (Å²) in [6.07, 6.45) is 1.60. The van der Waals surface area contributed by atoms with E-state index in [2.05, 4.69) is 52.9 Å². The molecule has 4 rings (SSSR count). The fourth-order valence-electron chi connectivity index (χ4n) is 3.65. The second-order valence-electron chi connectivity index (χ2n) is 8.54. The largest absolute Gasteiger partial charge is 0.490 e. The van der Waals surface area contributed by atoms with Crippen LogP contribution in [-0.2, 0) is 6.61 Å². The number of halogens is 5. The molecule has 0 amide bonds. The first kappa shape index (κ1) is 29.1. The molecule has 0 aliphatic heterocycles. The van der Waals surface area contributed by atoms with Gasteiger partial charge in [0.25, 0.3) is 5.56 Å². The van der Waals surface area contributed by atoms with Crippen molar-refractivity contribution in [1.29, 1.82) is 0 Å². The molecule has 0 aliphatic rings. The molecule has 11 heteroatoms. The van der Waals surface area contributed by atoms with E-state index in [1.54, 1.807) is 30.5 Å². The Kier molecular flexibility index (Phi) is 9.58. The lowest BCUT2D eigenvalue weighted by molar-refractivity contribution is 0.267. The van der Waals surface area contributed by atoms with Crippen molar-refractivity contribution in [3.63, 3.8) is 0 Å². The summed E-state index contributed by atoms with van der Waals surface area (Å²) in [5.74, 6) is 1.56. The Morgan fingerprint density at radius 2 is 1.79 bits per heavy atom. The van der Waals surface area contributed by atoms with Gasteiger partial charge in [0.2, 0.25) is 0 Å². The molecular formula is C27H22Br3Cl2N3O3. The van der Waals surface area contributed by atoms with Crippen molar-refractivity contribution in [3.05, 3.63) is 93.2 Å². The van der Waals surface area contributed by atoms with Crippen LogP contribution in [0.3, 0.4) is 0 Å². The molecule has 0 saturated carbocycles. The number of benzene rings is 3. The van der Waals surface area contributed by atoms with E-state index in [-0.39, 0.29) is 18.1 Å². The fraction of sp³-hybridized carbons (Fsp3) is 0.222. The smallest absolute Gasteiger partial charge is 0.282 e. The second kappa shape index (κ2) is 12.5. The molecule has 0 radical (unpaired) electrons. The van der Waals surface area contributed by atoms with E-state index in [1.807, 2.05) is 39.0 Å². The Balaban J connectivity index is 1.74. The van der Waals surface area contributed by atoms with Gasteiger partial charge in [0, 0.05) is 20.4 Å². The summed E-state index contributed by atoms with van der Waals surface area (Å²) < 4.78 is 15.5. The average molecular weight is 747 g/mol. The summed E-state index contributed by atoms with van der Waals surface area (Å²) in [6.45, 7) is 6.51. The minimum absolute atomic E-state index is 0.0285. The van der Waals surface area contributed by atoms with Crippen LogP contribution in [0.4, 0.5) is 0 Å². The molecule has 0 atom stereocenters. The highest BCUT2D eigenvalue weighted by molar-refractivity contribution is 9.13. The monoisotopic (exact) mass is 743 g/mol. The molecule has 0 unspecified atom stereocenters. The summed E-state index contributed by atoms with van der Waals surface area (Å²) in [7, 11) is 0. The van der Waals surface area contributed by atoms with Crippen LogP contribution in [0.5, 0.6) is 11.5 Å². The average Bonchev–Trinajstić information content (AvgIpc) is 2.88. The third-order valence-corrected chi connectivity index (χ3v) is 8.86. The lowest BCUT2D eigenvalue weighted by atomic mass is 10.2. The van der Waals surface area contributed by atoms with Crippen molar-refractivity contribution < 1.29 is 9.47 Å². The van der Waals surface area contributed by atoms with Crippen LogP contribution in [0.25, 0.3) is 10.9 Å². The lowest BCUT2D eigenvalue weighted by Crippen LogP contribution is -2.23. The van der Waals surface area contributed by atoms with E-state index in [1.165, 1.54) is 4.68 Å². The van der Waals surface area contributed by atoms with Gasteiger partial charge < -0.3 is 9.47 Å². The van der Waals surface area contributed by atoms with Crippen molar-refractivity contribution in [2.75, 3.05) is 6.61 Å². The van der Waals surface area contributed by atoms with Gasteiger partial charge in [0.05, 0.1) is 38.2 Å². The first-order chi connectivity index (χ1) is 18.1. The summed E-state index contributed by atoms with van der Waals surface area (Å²) in [4.78, 5) is 18.1. The number of hydrogen-bond donors (Lipinski definition) is 0. The second-order valence-corrected chi connectivity index (χ2v) is 11.9. The first-order valence-corrected chi connectivity index (χ1v) is 14.7. The number of rotatable bonds is 8. The molecule has 38 heavy (non-hydrogen) atoms. The standard InChI is InChI=1S/C27H22Br3Cl2N3O3/c1-4-37-22-10-16(23(29)24(30)25(22)38-13-15-5-7-19(31)20(32)9-15)12-33-35-26(14(2)3)34-21-8-6-17(28)11-18(21)27(35)36/h5-12,14H,4,13H2,1-3H3. The Hall–Kier alpha value is -1.91. The van der Waals surface area contributed by atoms with Crippen LogP contribution in [0.15, 0.2) is 65.8 Å². The van der Waals surface area contributed by atoms with Crippen LogP contribution < -0.4 is 15.0 Å². The van der Waals surface area contributed by atoms with Gasteiger partial charge >= 0.3 is 0 Å². The SMILES string of the molecule is CCOc1cc(C=Nn2c(C(C)C)nc3ccc(Br)cc3c2=O)c(Br)c(Br)c1OCc1ccc(Cl)c(Cl)c1. The third kappa shape index (κ3) is 6.28. The molecule has 0 spiro atoms. The topological polar surface area (TPSA) is 65.7 Å². The highest BCUT2D eigenvalue weighted by atomic mass is 79.9. The van der Waals surface area contributed by atoms with E-state index < -0.39 is 0 Å². The Labute approximate surface area is 255 Å². The predicted molar refractivity (Wildman–Crippen MR) is 165 cm³/mol. The van der Waals surface area contributed by atoms with Gasteiger partial charge in [0.15, 0.2) is 11.5 Å². The highest BCUT2D eigenvalue weighted by Gasteiger charge is 2.18. The molecule has 0 N–H and O–H groups in total. The normalized spacial score (nSPS) is 11.6. The van der Waals surface area contributed by atoms with Crippen molar-refractivity contribution in [2.24, 2.45) is 5.10 Å². The maximum atomic E-state index is 13.4. The van der Waals surface area contributed by atoms with Crippen LogP contribution >= 0.6 is 71.0 Å². The van der Waals surface area contributed by atoms with Crippen LogP contribution in [0.2, 0.25) is 10.0 Å². The molecule has 6 nitrogen and oxygen atoms in total. The van der Waals surface area contributed by atoms with E-state index in [0.717, 1.165) is 10.0 Å². The van der Waals surface area contributed by atoms with E-state index in [0.29, 0.717) is 59.4 Å². The van der Waals surface area contributed by atoms with Crippen LogP contribution in [0.1, 0.15) is 43.6 Å². The minimum atomic E-state index is -0.252. The van der Waals surface area contributed by atoms with Gasteiger partial charge in [0.1, 0.15) is 12.4 Å². The molecular weight excluding hydrogens is 725 g/mol. The molecule has 3 aromatic carbocycles. The molecule has 1 aromatic heterocycles. The molecule has 0 fully saturated rings. The third-order valence-electron chi connectivity index (χ3n) is 5.48. The number of nitrogens with zero attached hydrogens (tertiary/aromatic N) is 3. The molecule has 198 valence electrons. The quantitative estimate of drug-likeness (QED) is 0.169. The van der Waals surface area contributed by atoms with E-state index in [9.17, 15) is 4.79 Å². The van der Waals surface area contributed by atoms with Gasteiger partial charge in [-0.3, -0.25) is 4.79 Å². The number of ether oxygens (including phenoxy) is 2. The molecule has 0 aliphatic carbocycles. The van der Waals surface area contributed by atoms with Gasteiger partial charge in [-0.05, 0) is 80.7 Å². The number of hydrogen-bond acceptors (Lipinski definition) is 5. The van der Waals surface area contributed by atoms with Crippen LogP contribution in [0, 0.1) is 0 Å². The Bertz CT molecular complexity index is 1610. The molecule has 4 aromatic rings. The number of aromatic nitrogens is 2. The van der Waals surface area contributed by atoms with Gasteiger partial charge in [-0.25, -0.2) is 4.98 Å². The Morgan fingerprint density at radius 1 is 1.03 bits per heavy atom. The fourth-order valence-corrected chi connectivity index (χ4v) is 5.27. The maximum Gasteiger partial charge on any atom is 0.282 e. The number of fused-ring (bicyclic) bond motifs is 1. The molecule has 0 bridgehead atoms. The van der Waals surface area contributed by atoms with Crippen molar-refractivity contribution in [1.82, 2.24) is 9.66 Å². The first-order valence-electron chi connectivity index (χ1n) is 11.6. The Morgan fingerprint density at radius 3 is 2.47 bits per heavy atom. The van der Waals surface area contributed by atoms with Crippen LogP contribution in [-0.4, -0.2) is 22.5 Å². The minimum Gasteiger partial charge on any atom is -0.490 e. The summed E-state index contributed by atoms with van der Waals surface area (Å²) in [5, 5.41) is 5.96. The van der Waals surface area contributed by atoms with Crippen molar-refractivity contribution in [3.8, 4) is 11.5 Å².